The summed E-state index contributed by atoms with van der Waals surface area (Å²) in [6.07, 6.45) is -4.51. The van der Waals surface area contributed by atoms with E-state index in [1.165, 1.54) is 25.1 Å². The van der Waals surface area contributed by atoms with Gasteiger partial charge in [0.2, 0.25) is 0 Å². The summed E-state index contributed by atoms with van der Waals surface area (Å²) in [5.41, 5.74) is 6.87. The summed E-state index contributed by atoms with van der Waals surface area (Å²) in [6.45, 7) is 1.35. The van der Waals surface area contributed by atoms with Crippen LogP contribution in [0.1, 0.15) is 21.5 Å². The van der Waals surface area contributed by atoms with Crippen LogP contribution >= 0.6 is 11.6 Å². The maximum Gasteiger partial charge on any atom is 0.416 e. The number of nitrogens with two attached hydrogens (primary N) is 1. The van der Waals surface area contributed by atoms with Gasteiger partial charge < -0.3 is 11.1 Å². The number of pyridine rings is 1. The first-order valence-corrected chi connectivity index (χ1v) is 8.54. The number of nitrogens with one attached hydrogen (secondary N) is 1. The molecule has 1 aromatic heterocycles. The van der Waals surface area contributed by atoms with Gasteiger partial charge in [-0.25, -0.2) is 4.98 Å². The summed E-state index contributed by atoms with van der Waals surface area (Å²) < 4.78 is 39.1. The highest BCUT2D eigenvalue weighted by atomic mass is 35.5. The van der Waals surface area contributed by atoms with Crippen LogP contribution in [0.3, 0.4) is 0 Å². The molecular weight excluding hydrogens is 391 g/mol. The number of nitrogen functional groups attached to an aromatic ring is 1. The van der Waals surface area contributed by atoms with Crippen molar-refractivity contribution in [2.45, 2.75) is 13.1 Å². The molecule has 0 aliphatic rings. The van der Waals surface area contributed by atoms with Gasteiger partial charge in [-0.3, -0.25) is 4.79 Å². The molecule has 0 saturated carbocycles. The summed E-state index contributed by atoms with van der Waals surface area (Å²) >= 11 is 6.12. The lowest BCUT2D eigenvalue weighted by Gasteiger charge is -2.13. The van der Waals surface area contributed by atoms with Crippen molar-refractivity contribution in [3.63, 3.8) is 0 Å². The van der Waals surface area contributed by atoms with E-state index in [4.69, 9.17) is 17.3 Å². The Balaban J connectivity index is 1.84. The molecule has 0 unspecified atom stereocenters. The van der Waals surface area contributed by atoms with E-state index in [0.717, 1.165) is 11.6 Å². The molecule has 0 aliphatic heterocycles. The summed E-state index contributed by atoms with van der Waals surface area (Å²) in [5.74, 6) is -0.654. The lowest BCUT2D eigenvalue weighted by Crippen LogP contribution is -2.15. The predicted octanol–water partition coefficient (Wildman–Crippen LogP) is 5.56. The average Bonchev–Trinajstić information content (AvgIpc) is 2.62. The highest BCUT2D eigenvalue weighted by molar-refractivity contribution is 6.33. The van der Waals surface area contributed by atoms with Crippen LogP contribution in [0.15, 0.2) is 54.6 Å². The van der Waals surface area contributed by atoms with Gasteiger partial charge in [-0.05, 0) is 48.9 Å². The van der Waals surface area contributed by atoms with Crippen molar-refractivity contribution in [1.82, 2.24) is 4.98 Å². The molecule has 0 bridgehead atoms. The number of alkyl halides is 3. The number of aryl methyl sites for hydroxylation is 1. The van der Waals surface area contributed by atoms with Crippen LogP contribution in [0.4, 0.5) is 24.5 Å². The van der Waals surface area contributed by atoms with Gasteiger partial charge in [-0.15, -0.1) is 0 Å². The molecule has 0 fully saturated rings. The number of anilines is 2. The zero-order chi connectivity index (χ0) is 20.5. The number of amides is 1. The zero-order valence-corrected chi connectivity index (χ0v) is 15.4. The van der Waals surface area contributed by atoms with E-state index in [-0.39, 0.29) is 22.0 Å². The van der Waals surface area contributed by atoms with Crippen molar-refractivity contribution in [2.24, 2.45) is 0 Å². The Morgan fingerprint density at radius 3 is 2.36 bits per heavy atom. The highest BCUT2D eigenvalue weighted by Crippen LogP contribution is 2.33. The number of rotatable bonds is 3. The molecule has 0 aliphatic carbocycles. The van der Waals surface area contributed by atoms with Gasteiger partial charge in [0.15, 0.2) is 0 Å². The van der Waals surface area contributed by atoms with Crippen LogP contribution in [-0.4, -0.2) is 10.9 Å². The molecule has 0 atom stereocenters. The first-order chi connectivity index (χ1) is 13.1. The first kappa shape index (κ1) is 19.7. The molecule has 1 amide bonds. The number of carbonyl (C=O) groups excluding carboxylic acids is 1. The summed E-state index contributed by atoms with van der Waals surface area (Å²) in [7, 11) is 0. The minimum atomic E-state index is -4.51. The van der Waals surface area contributed by atoms with Crippen LogP contribution in [0.2, 0.25) is 5.15 Å². The normalized spacial score (nSPS) is 11.3. The van der Waals surface area contributed by atoms with Gasteiger partial charge in [0.1, 0.15) is 5.15 Å². The molecule has 2 aromatic carbocycles. The molecule has 144 valence electrons. The molecule has 0 saturated heterocycles. The Bertz CT molecular complexity index is 1030. The Morgan fingerprint density at radius 2 is 1.75 bits per heavy atom. The first-order valence-electron chi connectivity index (χ1n) is 8.17. The van der Waals surface area contributed by atoms with E-state index >= 15 is 0 Å². The number of benzene rings is 2. The Hall–Kier alpha value is -3.06. The average molecular weight is 406 g/mol. The zero-order valence-electron chi connectivity index (χ0n) is 14.6. The van der Waals surface area contributed by atoms with Gasteiger partial charge >= 0.3 is 6.18 Å². The molecule has 3 rings (SSSR count). The van der Waals surface area contributed by atoms with Crippen molar-refractivity contribution < 1.29 is 18.0 Å². The maximum atomic E-state index is 13.0. The van der Waals surface area contributed by atoms with E-state index in [2.05, 4.69) is 10.3 Å². The molecule has 3 aromatic rings. The van der Waals surface area contributed by atoms with Crippen LogP contribution in [-0.2, 0) is 6.18 Å². The van der Waals surface area contributed by atoms with Crippen molar-refractivity contribution in [3.05, 3.63) is 76.4 Å². The summed E-state index contributed by atoms with van der Waals surface area (Å²) in [4.78, 5) is 16.6. The third-order valence-electron chi connectivity index (χ3n) is 4.10. The van der Waals surface area contributed by atoms with Gasteiger partial charge in [-0.1, -0.05) is 29.8 Å². The number of aromatic nitrogens is 1. The van der Waals surface area contributed by atoms with Gasteiger partial charge in [0.25, 0.3) is 5.91 Å². The second-order valence-electron chi connectivity index (χ2n) is 6.14. The lowest BCUT2D eigenvalue weighted by molar-refractivity contribution is -0.138. The van der Waals surface area contributed by atoms with Crippen molar-refractivity contribution >= 4 is 28.9 Å². The Labute approximate surface area is 164 Å². The van der Waals surface area contributed by atoms with E-state index in [1.54, 1.807) is 30.3 Å². The molecule has 0 spiro atoms. The Kier molecular flexibility index (Phi) is 5.29. The van der Waals surface area contributed by atoms with Crippen molar-refractivity contribution in [2.75, 3.05) is 11.1 Å². The van der Waals surface area contributed by atoms with E-state index in [9.17, 15) is 18.0 Å². The quantitative estimate of drug-likeness (QED) is 0.442. The third kappa shape index (κ3) is 4.26. The van der Waals surface area contributed by atoms with Crippen LogP contribution in [0, 0.1) is 6.92 Å². The number of nitrogens with zero attached hydrogens (tertiary/aromatic N) is 1. The largest absolute Gasteiger partial charge is 0.416 e. The van der Waals surface area contributed by atoms with Crippen LogP contribution in [0.25, 0.3) is 11.3 Å². The molecule has 8 heteroatoms. The van der Waals surface area contributed by atoms with Crippen LogP contribution < -0.4 is 11.1 Å². The minimum absolute atomic E-state index is 0.0154. The van der Waals surface area contributed by atoms with E-state index < -0.39 is 17.6 Å². The topological polar surface area (TPSA) is 68.0 Å². The number of carbonyl (C=O) groups is 1. The van der Waals surface area contributed by atoms with E-state index in [1.807, 2.05) is 0 Å². The standard InChI is InChI=1S/C20H15ClF3N3O/c1-11-2-7-14(10-16(11)20(22,23)24)26-19(28)15-8-9-17(27-18(15)21)12-3-5-13(25)6-4-12/h2-10H,25H2,1H3,(H,26,28). The fraction of sp³-hybridized carbons (Fsp3) is 0.100. The SMILES string of the molecule is Cc1ccc(NC(=O)c2ccc(-c3ccc(N)cc3)nc2Cl)cc1C(F)(F)F. The van der Waals surface area contributed by atoms with Crippen molar-refractivity contribution in [1.29, 1.82) is 0 Å². The third-order valence-corrected chi connectivity index (χ3v) is 4.39. The molecular formula is C20H15ClF3N3O. The van der Waals surface area contributed by atoms with Gasteiger partial charge in [-0.2, -0.15) is 13.2 Å². The second-order valence-corrected chi connectivity index (χ2v) is 6.50. The summed E-state index contributed by atoms with van der Waals surface area (Å²) in [5, 5.41) is 2.37. The monoisotopic (exact) mass is 405 g/mol. The lowest BCUT2D eigenvalue weighted by atomic mass is 10.1. The number of hydrogen-bond donors (Lipinski definition) is 2. The van der Waals surface area contributed by atoms with Gasteiger partial charge in [0.05, 0.1) is 16.8 Å². The van der Waals surface area contributed by atoms with Crippen molar-refractivity contribution in [3.8, 4) is 11.3 Å². The second kappa shape index (κ2) is 7.52. The summed E-state index contributed by atoms with van der Waals surface area (Å²) in [6, 6.07) is 13.6. The molecule has 28 heavy (non-hydrogen) atoms. The maximum absolute atomic E-state index is 13.0. The van der Waals surface area contributed by atoms with Crippen LogP contribution in [0.5, 0.6) is 0 Å². The fourth-order valence-corrected chi connectivity index (χ4v) is 2.86. The van der Waals surface area contributed by atoms with Gasteiger partial charge in [0, 0.05) is 16.9 Å². The Morgan fingerprint density at radius 1 is 1.07 bits per heavy atom. The minimum Gasteiger partial charge on any atom is -0.399 e. The molecule has 4 nitrogen and oxygen atoms in total. The molecule has 3 N–H and O–H groups in total. The highest BCUT2D eigenvalue weighted by Gasteiger charge is 2.32. The number of halogens is 4. The predicted molar refractivity (Wildman–Crippen MR) is 103 cm³/mol. The smallest absolute Gasteiger partial charge is 0.399 e. The van der Waals surface area contributed by atoms with E-state index in [0.29, 0.717) is 11.4 Å². The molecule has 0 radical (unpaired) electrons. The number of hydrogen-bond acceptors (Lipinski definition) is 3. The molecule has 1 heterocycles. The fourth-order valence-electron chi connectivity index (χ4n) is 2.62.